The molecule has 1 aliphatic heterocycles. The molecule has 0 aromatic heterocycles. The van der Waals surface area contributed by atoms with E-state index in [0.717, 1.165) is 13.2 Å². The first-order valence-electron chi connectivity index (χ1n) is 4.95. The van der Waals surface area contributed by atoms with E-state index >= 15 is 0 Å². The van der Waals surface area contributed by atoms with Crippen LogP contribution in [0, 0.1) is 11.8 Å². The van der Waals surface area contributed by atoms with E-state index in [2.05, 4.69) is 33.0 Å². The molecule has 1 aliphatic rings. The molecule has 1 N–H and O–H groups in total. The molecule has 0 aliphatic carbocycles. The SMILES string of the molecule is CC(C)[C@@H]1COC[C@@H](C(C)C)N1. The summed E-state index contributed by atoms with van der Waals surface area (Å²) in [6.07, 6.45) is 0. The van der Waals surface area contributed by atoms with Crippen molar-refractivity contribution in [3.8, 4) is 0 Å². The summed E-state index contributed by atoms with van der Waals surface area (Å²) in [6.45, 7) is 10.7. The average molecular weight is 171 g/mol. The van der Waals surface area contributed by atoms with Gasteiger partial charge in [-0.3, -0.25) is 0 Å². The number of morpholine rings is 1. The van der Waals surface area contributed by atoms with Crippen LogP contribution in [0.15, 0.2) is 0 Å². The molecule has 0 amide bonds. The van der Waals surface area contributed by atoms with Crippen LogP contribution in [0.25, 0.3) is 0 Å². The van der Waals surface area contributed by atoms with E-state index in [1.54, 1.807) is 0 Å². The second-order valence-corrected chi connectivity index (χ2v) is 4.41. The van der Waals surface area contributed by atoms with Crippen molar-refractivity contribution in [2.24, 2.45) is 11.8 Å². The van der Waals surface area contributed by atoms with Crippen LogP contribution in [0.4, 0.5) is 0 Å². The average Bonchev–Trinajstić information content (AvgIpc) is 2.04. The Morgan fingerprint density at radius 1 is 1.00 bits per heavy atom. The normalized spacial score (nSPS) is 31.5. The van der Waals surface area contributed by atoms with Crippen molar-refractivity contribution in [3.05, 3.63) is 0 Å². The molecule has 0 unspecified atom stereocenters. The molecular formula is C10H21NO. The van der Waals surface area contributed by atoms with E-state index in [0.29, 0.717) is 23.9 Å². The van der Waals surface area contributed by atoms with Gasteiger partial charge >= 0.3 is 0 Å². The Hall–Kier alpha value is -0.0800. The minimum absolute atomic E-state index is 0.547. The maximum Gasteiger partial charge on any atom is 0.0623 e. The lowest BCUT2D eigenvalue weighted by atomic mass is 9.98. The zero-order chi connectivity index (χ0) is 9.14. The monoisotopic (exact) mass is 171 g/mol. The van der Waals surface area contributed by atoms with Crippen molar-refractivity contribution >= 4 is 0 Å². The summed E-state index contributed by atoms with van der Waals surface area (Å²) in [5.74, 6) is 1.35. The van der Waals surface area contributed by atoms with Gasteiger partial charge in [0.2, 0.25) is 0 Å². The molecule has 12 heavy (non-hydrogen) atoms. The minimum Gasteiger partial charge on any atom is -0.378 e. The number of nitrogens with one attached hydrogen (secondary N) is 1. The van der Waals surface area contributed by atoms with Crippen molar-refractivity contribution in [2.45, 2.75) is 39.8 Å². The molecule has 2 nitrogen and oxygen atoms in total. The van der Waals surface area contributed by atoms with Gasteiger partial charge in [0.15, 0.2) is 0 Å². The zero-order valence-corrected chi connectivity index (χ0v) is 8.63. The van der Waals surface area contributed by atoms with Crippen LogP contribution in [0.5, 0.6) is 0 Å². The molecule has 2 heteroatoms. The summed E-state index contributed by atoms with van der Waals surface area (Å²) in [6, 6.07) is 1.09. The fraction of sp³-hybridized carbons (Fsp3) is 1.00. The van der Waals surface area contributed by atoms with Gasteiger partial charge < -0.3 is 10.1 Å². The van der Waals surface area contributed by atoms with Gasteiger partial charge in [-0.05, 0) is 11.8 Å². The second-order valence-electron chi connectivity index (χ2n) is 4.41. The molecule has 0 aromatic rings. The van der Waals surface area contributed by atoms with Crippen LogP contribution < -0.4 is 5.32 Å². The first kappa shape index (κ1) is 10.0. The van der Waals surface area contributed by atoms with Crippen molar-refractivity contribution in [1.82, 2.24) is 5.32 Å². The molecule has 0 bridgehead atoms. The summed E-state index contributed by atoms with van der Waals surface area (Å²) in [5, 5.41) is 3.63. The van der Waals surface area contributed by atoms with Crippen LogP contribution in [-0.2, 0) is 4.74 Å². The topological polar surface area (TPSA) is 21.3 Å². The van der Waals surface area contributed by atoms with Gasteiger partial charge in [-0.25, -0.2) is 0 Å². The van der Waals surface area contributed by atoms with Crippen molar-refractivity contribution in [3.63, 3.8) is 0 Å². The highest BCUT2D eigenvalue weighted by Gasteiger charge is 2.25. The van der Waals surface area contributed by atoms with E-state index < -0.39 is 0 Å². The summed E-state index contributed by atoms with van der Waals surface area (Å²) >= 11 is 0. The molecule has 1 heterocycles. The zero-order valence-electron chi connectivity index (χ0n) is 8.63. The first-order chi connectivity index (χ1) is 5.61. The Morgan fingerprint density at radius 2 is 1.42 bits per heavy atom. The quantitative estimate of drug-likeness (QED) is 0.682. The number of rotatable bonds is 2. The summed E-state index contributed by atoms with van der Waals surface area (Å²) < 4.78 is 5.55. The Kier molecular flexibility index (Phi) is 3.53. The van der Waals surface area contributed by atoms with E-state index in [1.165, 1.54) is 0 Å². The molecular weight excluding hydrogens is 150 g/mol. The maximum absolute atomic E-state index is 5.55. The number of ether oxygens (including phenoxy) is 1. The van der Waals surface area contributed by atoms with Crippen molar-refractivity contribution in [1.29, 1.82) is 0 Å². The van der Waals surface area contributed by atoms with Crippen LogP contribution in [0.2, 0.25) is 0 Å². The molecule has 72 valence electrons. The summed E-state index contributed by atoms with van der Waals surface area (Å²) in [4.78, 5) is 0. The molecule has 1 saturated heterocycles. The summed E-state index contributed by atoms with van der Waals surface area (Å²) in [7, 11) is 0. The third-order valence-corrected chi connectivity index (χ3v) is 2.63. The van der Waals surface area contributed by atoms with Gasteiger partial charge in [0.1, 0.15) is 0 Å². The maximum atomic E-state index is 5.55. The molecule has 0 aromatic carbocycles. The largest absolute Gasteiger partial charge is 0.378 e. The first-order valence-corrected chi connectivity index (χ1v) is 4.95. The van der Waals surface area contributed by atoms with E-state index in [9.17, 15) is 0 Å². The molecule has 0 saturated carbocycles. The van der Waals surface area contributed by atoms with Gasteiger partial charge in [-0.2, -0.15) is 0 Å². The van der Waals surface area contributed by atoms with E-state index in [1.807, 2.05) is 0 Å². The fourth-order valence-electron chi connectivity index (χ4n) is 1.46. The minimum atomic E-state index is 0.547. The lowest BCUT2D eigenvalue weighted by molar-refractivity contribution is 0.0193. The van der Waals surface area contributed by atoms with Gasteiger partial charge in [0, 0.05) is 12.1 Å². The van der Waals surface area contributed by atoms with Crippen LogP contribution in [-0.4, -0.2) is 25.3 Å². The Bertz CT molecular complexity index is 120. The van der Waals surface area contributed by atoms with Gasteiger partial charge in [-0.1, -0.05) is 27.7 Å². The van der Waals surface area contributed by atoms with Crippen LogP contribution in [0.3, 0.4) is 0 Å². The predicted octanol–water partition coefficient (Wildman–Crippen LogP) is 1.66. The smallest absolute Gasteiger partial charge is 0.0623 e. The Morgan fingerprint density at radius 3 is 1.75 bits per heavy atom. The van der Waals surface area contributed by atoms with E-state index in [4.69, 9.17) is 4.74 Å². The van der Waals surface area contributed by atoms with Crippen molar-refractivity contribution in [2.75, 3.05) is 13.2 Å². The highest BCUT2D eigenvalue weighted by atomic mass is 16.5. The second kappa shape index (κ2) is 4.24. The van der Waals surface area contributed by atoms with Crippen LogP contribution in [0.1, 0.15) is 27.7 Å². The third kappa shape index (κ3) is 2.46. The molecule has 0 radical (unpaired) electrons. The summed E-state index contributed by atoms with van der Waals surface area (Å²) in [5.41, 5.74) is 0. The molecule has 2 atom stereocenters. The van der Waals surface area contributed by atoms with Gasteiger partial charge in [0.25, 0.3) is 0 Å². The molecule has 1 rings (SSSR count). The lowest BCUT2D eigenvalue weighted by Crippen LogP contribution is -2.53. The van der Waals surface area contributed by atoms with Crippen LogP contribution >= 0.6 is 0 Å². The third-order valence-electron chi connectivity index (χ3n) is 2.63. The molecule has 1 fully saturated rings. The van der Waals surface area contributed by atoms with Gasteiger partial charge in [0.05, 0.1) is 13.2 Å². The Balaban J connectivity index is 2.40. The van der Waals surface area contributed by atoms with Gasteiger partial charge in [-0.15, -0.1) is 0 Å². The Labute approximate surface area is 75.7 Å². The van der Waals surface area contributed by atoms with Crippen molar-refractivity contribution < 1.29 is 4.74 Å². The standard InChI is InChI=1S/C10H21NO/c1-7(2)9-5-12-6-10(11-9)8(3)4/h7-11H,5-6H2,1-4H3/t9-,10-/m0/s1. The highest BCUT2D eigenvalue weighted by molar-refractivity contribution is 4.82. The predicted molar refractivity (Wildman–Crippen MR) is 51.2 cm³/mol. The number of hydrogen-bond donors (Lipinski definition) is 1. The van der Waals surface area contributed by atoms with E-state index in [-0.39, 0.29) is 0 Å². The number of hydrogen-bond acceptors (Lipinski definition) is 2. The lowest BCUT2D eigenvalue weighted by Gasteiger charge is -2.35. The molecule has 0 spiro atoms. The highest BCUT2D eigenvalue weighted by Crippen LogP contribution is 2.13. The fourth-order valence-corrected chi connectivity index (χ4v) is 1.46.